The summed E-state index contributed by atoms with van der Waals surface area (Å²) in [5, 5.41) is 11.3. The Morgan fingerprint density at radius 2 is 1.63 bits per heavy atom. The molecule has 164 valence electrons. The predicted molar refractivity (Wildman–Crippen MR) is 108 cm³/mol. The minimum atomic E-state index is -4.37. The van der Waals surface area contributed by atoms with E-state index >= 15 is 0 Å². The largest absolute Gasteiger partial charge is 0.484 e. The summed E-state index contributed by atoms with van der Waals surface area (Å²) in [6, 6.07) is 12.6. The quantitative estimate of drug-likeness (QED) is 0.428. The molecule has 4 N–H and O–H groups in total. The number of alkyl halides is 3. The van der Waals surface area contributed by atoms with Crippen LogP contribution in [-0.4, -0.2) is 40.8 Å². The van der Waals surface area contributed by atoms with Gasteiger partial charge in [-0.15, -0.1) is 0 Å². The molecule has 0 aromatic heterocycles. The highest BCUT2D eigenvalue weighted by Gasteiger charge is 2.28. The molecule has 0 fully saturated rings. The molecule has 2 aromatic rings. The number of halogens is 3. The van der Waals surface area contributed by atoms with Crippen LogP contribution >= 0.6 is 0 Å². The summed E-state index contributed by atoms with van der Waals surface area (Å²) in [7, 11) is -2.09. The fourth-order valence-electron chi connectivity index (χ4n) is 2.45. The Morgan fingerprint density at radius 3 is 2.17 bits per heavy atom. The Hall–Kier alpha value is -2.79. The molecule has 11 heteroatoms. The Kier molecular flexibility index (Phi) is 8.07. The first-order valence-corrected chi connectivity index (χ1v) is 10.5. The maximum atomic E-state index is 12.2. The Balaban J connectivity index is 1.77. The van der Waals surface area contributed by atoms with Crippen molar-refractivity contribution in [2.24, 2.45) is 10.1 Å². The van der Waals surface area contributed by atoms with Gasteiger partial charge in [-0.25, -0.2) is 13.6 Å². The molecule has 0 heterocycles. The van der Waals surface area contributed by atoms with E-state index in [2.05, 4.69) is 20.4 Å². The standard InChI is InChI=1S/C19H23F3N4O3S/c1-24-18(25-11-10-14-4-8-17(9-5-14)30(23,27)28)26-12-15-2-6-16(7-3-15)29-13-19(20,21)22/h2-9H,10-13H2,1H3,(H2,23,27,28)(H2,24,25,26). The fraction of sp³-hybridized carbons (Fsp3) is 0.316. The third-order valence-corrected chi connectivity index (χ3v) is 4.90. The van der Waals surface area contributed by atoms with Crippen LogP contribution in [0.3, 0.4) is 0 Å². The summed E-state index contributed by atoms with van der Waals surface area (Å²) in [5.41, 5.74) is 1.77. The first-order chi connectivity index (χ1) is 14.1. The molecular formula is C19H23F3N4O3S. The van der Waals surface area contributed by atoms with Crippen LogP contribution in [-0.2, 0) is 23.0 Å². The van der Waals surface area contributed by atoms with Crippen LogP contribution in [0.5, 0.6) is 5.75 Å². The van der Waals surface area contributed by atoms with Gasteiger partial charge in [0.2, 0.25) is 10.0 Å². The first kappa shape index (κ1) is 23.5. The highest BCUT2D eigenvalue weighted by molar-refractivity contribution is 7.89. The molecule has 30 heavy (non-hydrogen) atoms. The molecule has 0 aliphatic carbocycles. The molecule has 0 aliphatic heterocycles. The number of rotatable bonds is 8. The summed E-state index contributed by atoms with van der Waals surface area (Å²) < 4.78 is 63.7. The van der Waals surface area contributed by atoms with Crippen LogP contribution in [0, 0.1) is 0 Å². The van der Waals surface area contributed by atoms with Crippen LogP contribution in [0.2, 0.25) is 0 Å². The summed E-state index contributed by atoms with van der Waals surface area (Å²) >= 11 is 0. The van der Waals surface area contributed by atoms with E-state index in [-0.39, 0.29) is 10.6 Å². The topological polar surface area (TPSA) is 106 Å². The molecule has 2 rings (SSSR count). The SMILES string of the molecule is CN=C(NCCc1ccc(S(N)(=O)=O)cc1)NCc1ccc(OCC(F)(F)F)cc1. The highest BCUT2D eigenvalue weighted by Crippen LogP contribution is 2.18. The molecule has 0 bridgehead atoms. The number of ether oxygens (including phenoxy) is 1. The second kappa shape index (κ2) is 10.3. The molecular weight excluding hydrogens is 421 g/mol. The lowest BCUT2D eigenvalue weighted by Gasteiger charge is -2.13. The van der Waals surface area contributed by atoms with Crippen molar-refractivity contribution in [3.8, 4) is 5.75 Å². The maximum absolute atomic E-state index is 12.2. The van der Waals surface area contributed by atoms with Crippen molar-refractivity contribution >= 4 is 16.0 Å². The third kappa shape index (κ3) is 8.29. The molecule has 0 spiro atoms. The van der Waals surface area contributed by atoms with E-state index < -0.39 is 22.8 Å². The van der Waals surface area contributed by atoms with E-state index in [9.17, 15) is 21.6 Å². The predicted octanol–water partition coefficient (Wildman–Crippen LogP) is 2.18. The van der Waals surface area contributed by atoms with Gasteiger partial charge in [0, 0.05) is 20.1 Å². The van der Waals surface area contributed by atoms with Crippen molar-refractivity contribution in [1.82, 2.24) is 10.6 Å². The second-order valence-corrected chi connectivity index (χ2v) is 7.90. The molecule has 0 atom stereocenters. The maximum Gasteiger partial charge on any atom is 0.422 e. The summed E-state index contributed by atoms with van der Waals surface area (Å²) in [4.78, 5) is 4.17. The first-order valence-electron chi connectivity index (χ1n) is 8.91. The lowest BCUT2D eigenvalue weighted by atomic mass is 10.1. The van der Waals surface area contributed by atoms with E-state index in [0.29, 0.717) is 25.5 Å². The van der Waals surface area contributed by atoms with Gasteiger partial charge in [-0.05, 0) is 41.8 Å². The van der Waals surface area contributed by atoms with Crippen LogP contribution in [0.1, 0.15) is 11.1 Å². The van der Waals surface area contributed by atoms with Crippen molar-refractivity contribution in [2.45, 2.75) is 24.0 Å². The molecule has 0 radical (unpaired) electrons. The van der Waals surface area contributed by atoms with Crippen LogP contribution in [0.15, 0.2) is 58.4 Å². The number of primary sulfonamides is 1. The summed E-state index contributed by atoms with van der Waals surface area (Å²) in [5.74, 6) is 0.695. The Bertz CT molecular complexity index is 944. The van der Waals surface area contributed by atoms with E-state index in [4.69, 9.17) is 5.14 Å². The lowest BCUT2D eigenvalue weighted by molar-refractivity contribution is -0.153. The minimum Gasteiger partial charge on any atom is -0.484 e. The molecule has 2 aromatic carbocycles. The van der Waals surface area contributed by atoms with Gasteiger partial charge in [-0.1, -0.05) is 24.3 Å². The molecule has 0 saturated heterocycles. The van der Waals surface area contributed by atoms with Gasteiger partial charge < -0.3 is 15.4 Å². The van der Waals surface area contributed by atoms with E-state index in [0.717, 1.165) is 11.1 Å². The van der Waals surface area contributed by atoms with E-state index in [1.165, 1.54) is 24.3 Å². The molecule has 7 nitrogen and oxygen atoms in total. The number of hydrogen-bond acceptors (Lipinski definition) is 4. The highest BCUT2D eigenvalue weighted by atomic mass is 32.2. The number of aliphatic imine (C=N–C) groups is 1. The monoisotopic (exact) mass is 444 g/mol. The average Bonchev–Trinajstić information content (AvgIpc) is 2.69. The molecule has 0 unspecified atom stereocenters. The number of nitrogens with one attached hydrogen (secondary N) is 2. The number of benzene rings is 2. The zero-order valence-corrected chi connectivity index (χ0v) is 17.1. The third-order valence-electron chi connectivity index (χ3n) is 3.97. The molecule has 0 saturated carbocycles. The van der Waals surface area contributed by atoms with Gasteiger partial charge in [0.1, 0.15) is 5.75 Å². The molecule has 0 aliphatic rings. The van der Waals surface area contributed by atoms with Crippen LogP contribution in [0.25, 0.3) is 0 Å². The van der Waals surface area contributed by atoms with Gasteiger partial charge in [0.05, 0.1) is 4.90 Å². The summed E-state index contributed by atoms with van der Waals surface area (Å²) in [6.07, 6.45) is -3.74. The van der Waals surface area contributed by atoms with Crippen molar-refractivity contribution in [1.29, 1.82) is 0 Å². The zero-order chi connectivity index (χ0) is 22.2. The van der Waals surface area contributed by atoms with E-state index in [1.54, 1.807) is 31.3 Å². The normalized spacial score (nSPS) is 12.5. The van der Waals surface area contributed by atoms with Crippen molar-refractivity contribution in [3.63, 3.8) is 0 Å². The molecule has 0 amide bonds. The Labute approximate surface area is 173 Å². The van der Waals surface area contributed by atoms with E-state index in [1.807, 2.05) is 0 Å². The van der Waals surface area contributed by atoms with Crippen molar-refractivity contribution < 1.29 is 26.3 Å². The zero-order valence-electron chi connectivity index (χ0n) is 16.2. The minimum absolute atomic E-state index is 0.0616. The average molecular weight is 444 g/mol. The number of guanidine groups is 1. The van der Waals surface area contributed by atoms with Crippen molar-refractivity contribution in [2.75, 3.05) is 20.2 Å². The Morgan fingerprint density at radius 1 is 1.03 bits per heavy atom. The van der Waals surface area contributed by atoms with Gasteiger partial charge in [0.25, 0.3) is 0 Å². The lowest BCUT2D eigenvalue weighted by Crippen LogP contribution is -2.37. The van der Waals surface area contributed by atoms with Gasteiger partial charge >= 0.3 is 6.18 Å². The van der Waals surface area contributed by atoms with Gasteiger partial charge in [0.15, 0.2) is 12.6 Å². The van der Waals surface area contributed by atoms with Crippen LogP contribution < -0.4 is 20.5 Å². The van der Waals surface area contributed by atoms with Gasteiger partial charge in [-0.2, -0.15) is 13.2 Å². The van der Waals surface area contributed by atoms with Crippen LogP contribution in [0.4, 0.5) is 13.2 Å². The number of sulfonamides is 1. The fourth-order valence-corrected chi connectivity index (χ4v) is 2.96. The van der Waals surface area contributed by atoms with Crippen molar-refractivity contribution in [3.05, 3.63) is 59.7 Å². The van der Waals surface area contributed by atoms with Gasteiger partial charge in [-0.3, -0.25) is 4.99 Å². The second-order valence-electron chi connectivity index (χ2n) is 6.34. The number of nitrogens with two attached hydrogens (primary N) is 1. The number of hydrogen-bond donors (Lipinski definition) is 3. The summed E-state index contributed by atoms with van der Waals surface area (Å²) in [6.45, 7) is -0.354. The number of nitrogens with zero attached hydrogens (tertiary/aromatic N) is 1. The smallest absolute Gasteiger partial charge is 0.422 e.